The van der Waals surface area contributed by atoms with Gasteiger partial charge in [0.2, 0.25) is 0 Å². The highest BCUT2D eigenvalue weighted by Crippen LogP contribution is 2.38. The molecule has 0 saturated heterocycles. The molecule has 2 aromatic heterocycles. The lowest BCUT2D eigenvalue weighted by atomic mass is 9.89. The van der Waals surface area contributed by atoms with Crippen molar-refractivity contribution in [3.63, 3.8) is 0 Å². The standard InChI is InChI=1S/C26H28F3N3O3S/c1-35-22-10-8-18(26(27,28)29)14-21(22)17(13-24(33)34)12-20-15-36-23(31-20)6-2-5-19-9-7-16-4-3-11-30-25(16)32-19/h7-10,14-15,17H,2-6,11-13H2,1H3,(H,30,32)(H,33,34). The number of aryl methyl sites for hydroxylation is 3. The number of thiazole rings is 1. The summed E-state index contributed by atoms with van der Waals surface area (Å²) in [5.41, 5.74) is 2.33. The number of halogens is 3. The molecule has 1 aliphatic rings. The molecule has 0 bridgehead atoms. The molecule has 1 aliphatic heterocycles. The van der Waals surface area contributed by atoms with Gasteiger partial charge in [0.1, 0.15) is 11.6 Å². The summed E-state index contributed by atoms with van der Waals surface area (Å²) in [6, 6.07) is 7.37. The Balaban J connectivity index is 1.43. The molecular formula is C26H28F3N3O3S. The van der Waals surface area contributed by atoms with Crippen molar-refractivity contribution in [1.82, 2.24) is 9.97 Å². The number of benzene rings is 1. The maximum Gasteiger partial charge on any atom is 0.416 e. The van der Waals surface area contributed by atoms with Crippen molar-refractivity contribution in [3.05, 3.63) is 68.8 Å². The van der Waals surface area contributed by atoms with Crippen LogP contribution in [0.4, 0.5) is 19.0 Å². The van der Waals surface area contributed by atoms with Crippen LogP contribution in [-0.4, -0.2) is 34.7 Å². The molecule has 10 heteroatoms. The highest BCUT2D eigenvalue weighted by molar-refractivity contribution is 7.09. The lowest BCUT2D eigenvalue weighted by Gasteiger charge is -2.19. The number of aliphatic carboxylic acids is 1. The minimum Gasteiger partial charge on any atom is -0.496 e. The normalized spacial score (nSPS) is 14.1. The molecule has 4 rings (SSSR count). The van der Waals surface area contributed by atoms with Gasteiger partial charge >= 0.3 is 12.1 Å². The molecule has 0 spiro atoms. The van der Waals surface area contributed by atoms with Crippen molar-refractivity contribution >= 4 is 23.1 Å². The van der Waals surface area contributed by atoms with Crippen LogP contribution in [0.5, 0.6) is 5.75 Å². The van der Waals surface area contributed by atoms with Crippen molar-refractivity contribution in [2.45, 2.75) is 57.0 Å². The number of carbonyl (C=O) groups is 1. The zero-order chi connectivity index (χ0) is 25.7. The number of nitrogens with zero attached hydrogens (tertiary/aromatic N) is 2. The first-order valence-electron chi connectivity index (χ1n) is 11.9. The summed E-state index contributed by atoms with van der Waals surface area (Å²) in [5.74, 6) is -0.592. The van der Waals surface area contributed by atoms with E-state index in [1.807, 2.05) is 5.38 Å². The number of anilines is 1. The summed E-state index contributed by atoms with van der Waals surface area (Å²) in [5, 5.41) is 15.5. The van der Waals surface area contributed by atoms with Crippen LogP contribution in [-0.2, 0) is 36.7 Å². The van der Waals surface area contributed by atoms with Gasteiger partial charge in [-0.05, 0) is 73.9 Å². The summed E-state index contributed by atoms with van der Waals surface area (Å²) in [6.45, 7) is 0.945. The molecule has 3 heterocycles. The minimum atomic E-state index is -4.54. The zero-order valence-corrected chi connectivity index (χ0v) is 20.7. The SMILES string of the molecule is COc1ccc(C(F)(F)F)cc1C(CC(=O)O)Cc1csc(CCCc2ccc3c(n2)NCCC3)n1. The Morgan fingerprint density at radius 1 is 1.19 bits per heavy atom. The first kappa shape index (κ1) is 25.9. The fourth-order valence-electron chi connectivity index (χ4n) is 4.47. The maximum atomic E-state index is 13.3. The lowest BCUT2D eigenvalue weighted by molar-refractivity contribution is -0.138. The fraction of sp³-hybridized carbons (Fsp3) is 0.423. The number of alkyl halides is 3. The predicted molar refractivity (Wildman–Crippen MR) is 132 cm³/mol. The van der Waals surface area contributed by atoms with Crippen molar-refractivity contribution in [2.75, 3.05) is 19.0 Å². The van der Waals surface area contributed by atoms with E-state index in [0.717, 1.165) is 67.3 Å². The van der Waals surface area contributed by atoms with Gasteiger partial charge in [0.15, 0.2) is 0 Å². The number of aromatic nitrogens is 2. The van der Waals surface area contributed by atoms with E-state index in [-0.39, 0.29) is 24.2 Å². The lowest BCUT2D eigenvalue weighted by Crippen LogP contribution is -2.14. The van der Waals surface area contributed by atoms with Gasteiger partial charge in [-0.2, -0.15) is 13.2 Å². The smallest absolute Gasteiger partial charge is 0.416 e. The number of pyridine rings is 1. The number of fused-ring (bicyclic) bond motifs is 1. The molecule has 36 heavy (non-hydrogen) atoms. The van der Waals surface area contributed by atoms with Gasteiger partial charge in [-0.1, -0.05) is 6.07 Å². The molecule has 0 fully saturated rings. The summed E-state index contributed by atoms with van der Waals surface area (Å²) in [6.07, 6.45) is -0.0767. The Kier molecular flexibility index (Phi) is 8.13. The van der Waals surface area contributed by atoms with Gasteiger partial charge in [-0.3, -0.25) is 4.79 Å². The van der Waals surface area contributed by atoms with E-state index in [9.17, 15) is 23.1 Å². The van der Waals surface area contributed by atoms with E-state index in [1.165, 1.54) is 30.1 Å². The topological polar surface area (TPSA) is 84.3 Å². The van der Waals surface area contributed by atoms with Crippen LogP contribution in [0.2, 0.25) is 0 Å². The summed E-state index contributed by atoms with van der Waals surface area (Å²) in [7, 11) is 1.36. The van der Waals surface area contributed by atoms with Crippen LogP contribution in [0.25, 0.3) is 0 Å². The zero-order valence-electron chi connectivity index (χ0n) is 19.9. The highest BCUT2D eigenvalue weighted by atomic mass is 32.1. The van der Waals surface area contributed by atoms with Crippen molar-refractivity contribution in [1.29, 1.82) is 0 Å². The molecule has 3 aromatic rings. The molecule has 0 radical (unpaired) electrons. The van der Waals surface area contributed by atoms with E-state index < -0.39 is 23.6 Å². The van der Waals surface area contributed by atoms with E-state index in [0.29, 0.717) is 5.69 Å². The Labute approximate surface area is 211 Å². The number of rotatable bonds is 10. The first-order chi connectivity index (χ1) is 17.2. The van der Waals surface area contributed by atoms with Crippen molar-refractivity contribution in [2.24, 2.45) is 0 Å². The first-order valence-corrected chi connectivity index (χ1v) is 12.7. The van der Waals surface area contributed by atoms with Crippen LogP contribution in [0.3, 0.4) is 0 Å². The number of carboxylic acids is 1. The molecule has 0 saturated carbocycles. The number of carboxylic acid groups (broad SMARTS) is 1. The quantitative estimate of drug-likeness (QED) is 0.347. The maximum absolute atomic E-state index is 13.3. The van der Waals surface area contributed by atoms with E-state index >= 15 is 0 Å². The second-order valence-corrected chi connectivity index (χ2v) is 9.82. The highest BCUT2D eigenvalue weighted by Gasteiger charge is 2.32. The van der Waals surface area contributed by atoms with E-state index in [2.05, 4.69) is 22.4 Å². The van der Waals surface area contributed by atoms with Gasteiger partial charge in [0.05, 0.1) is 29.8 Å². The predicted octanol–water partition coefficient (Wildman–Crippen LogP) is 5.90. The molecule has 2 N–H and O–H groups in total. The Hall–Kier alpha value is -3.14. The molecule has 6 nitrogen and oxygen atoms in total. The summed E-state index contributed by atoms with van der Waals surface area (Å²) >= 11 is 1.48. The second-order valence-electron chi connectivity index (χ2n) is 8.88. The van der Waals surface area contributed by atoms with E-state index in [1.54, 1.807) is 0 Å². The van der Waals surface area contributed by atoms with Crippen LogP contribution < -0.4 is 10.1 Å². The Bertz CT molecular complexity index is 1210. The fourth-order valence-corrected chi connectivity index (χ4v) is 5.32. The van der Waals surface area contributed by atoms with Crippen molar-refractivity contribution in [3.8, 4) is 5.75 Å². The average molecular weight is 520 g/mol. The van der Waals surface area contributed by atoms with Crippen LogP contribution in [0.15, 0.2) is 35.7 Å². The third-order valence-electron chi connectivity index (χ3n) is 6.25. The molecule has 0 amide bonds. The molecule has 1 aromatic carbocycles. The Morgan fingerprint density at radius 2 is 2.03 bits per heavy atom. The average Bonchev–Trinajstić information content (AvgIpc) is 3.29. The van der Waals surface area contributed by atoms with Crippen LogP contribution >= 0.6 is 11.3 Å². The number of hydrogen-bond donors (Lipinski definition) is 2. The number of nitrogens with one attached hydrogen (secondary N) is 1. The number of hydrogen-bond acceptors (Lipinski definition) is 6. The monoisotopic (exact) mass is 519 g/mol. The second kappa shape index (κ2) is 11.3. The molecule has 1 unspecified atom stereocenters. The number of ether oxygens (including phenoxy) is 1. The summed E-state index contributed by atoms with van der Waals surface area (Å²) in [4.78, 5) is 20.9. The number of methoxy groups -OCH3 is 1. The van der Waals surface area contributed by atoms with Crippen molar-refractivity contribution < 1.29 is 27.8 Å². The molecular weight excluding hydrogens is 491 g/mol. The van der Waals surface area contributed by atoms with Gasteiger partial charge in [-0.25, -0.2) is 9.97 Å². The van der Waals surface area contributed by atoms with Crippen LogP contribution in [0, 0.1) is 0 Å². The molecule has 0 aliphatic carbocycles. The summed E-state index contributed by atoms with van der Waals surface area (Å²) < 4.78 is 45.2. The van der Waals surface area contributed by atoms with Gasteiger partial charge in [-0.15, -0.1) is 11.3 Å². The third-order valence-corrected chi connectivity index (χ3v) is 7.21. The Morgan fingerprint density at radius 3 is 2.78 bits per heavy atom. The largest absolute Gasteiger partial charge is 0.496 e. The molecule has 192 valence electrons. The molecule has 1 atom stereocenters. The van der Waals surface area contributed by atoms with E-state index in [4.69, 9.17) is 9.72 Å². The van der Waals surface area contributed by atoms with Crippen LogP contribution in [0.1, 0.15) is 58.3 Å². The van der Waals surface area contributed by atoms with Gasteiger partial charge < -0.3 is 15.2 Å². The van der Waals surface area contributed by atoms with Gasteiger partial charge in [0, 0.05) is 23.5 Å². The third kappa shape index (κ3) is 6.54. The minimum absolute atomic E-state index is 0.207. The van der Waals surface area contributed by atoms with Gasteiger partial charge in [0.25, 0.3) is 0 Å².